The van der Waals surface area contributed by atoms with Crippen LogP contribution in [0.25, 0.3) is 0 Å². The van der Waals surface area contributed by atoms with Gasteiger partial charge >= 0.3 is 0 Å². The molecule has 0 nitrogen and oxygen atoms in total. The molecule has 0 saturated heterocycles. The molecule has 0 radical (unpaired) electrons. The molecule has 0 aliphatic heterocycles. The van der Waals surface area contributed by atoms with Crippen molar-refractivity contribution in [1.29, 1.82) is 0 Å². The number of rotatable bonds is 4. The van der Waals surface area contributed by atoms with Gasteiger partial charge < -0.3 is 0 Å². The zero-order valence-corrected chi connectivity index (χ0v) is 10.1. The Morgan fingerprint density at radius 3 is 1.83 bits per heavy atom. The highest BCUT2D eigenvalue weighted by Crippen LogP contribution is 2.34. The van der Waals surface area contributed by atoms with Crippen LogP contribution in [0.3, 0.4) is 0 Å². The second kappa shape index (κ2) is 4.50. The molecule has 0 aliphatic carbocycles. The second-order valence-electron chi connectivity index (χ2n) is 4.60. The molecule has 0 aliphatic rings. The van der Waals surface area contributed by atoms with E-state index in [0.717, 1.165) is 5.92 Å². The lowest BCUT2D eigenvalue weighted by molar-refractivity contribution is 0.233. The minimum atomic E-state index is -0.0666. The molecule has 0 aromatic heterocycles. The summed E-state index contributed by atoms with van der Waals surface area (Å²) in [4.78, 5) is -0.0666. The summed E-state index contributed by atoms with van der Waals surface area (Å²) in [6, 6.07) is 0. The van der Waals surface area contributed by atoms with Crippen LogP contribution in [0.1, 0.15) is 48.0 Å². The van der Waals surface area contributed by atoms with Crippen molar-refractivity contribution < 1.29 is 0 Å². The number of hydrogen-bond donors (Lipinski definition) is 0. The summed E-state index contributed by atoms with van der Waals surface area (Å²) in [5.74, 6) is 2.06. The third-order valence-corrected chi connectivity index (χ3v) is 3.76. The van der Waals surface area contributed by atoms with Gasteiger partial charge in [-0.2, -0.15) is 0 Å². The number of alkyl halides is 1. The van der Waals surface area contributed by atoms with Crippen LogP contribution >= 0.6 is 11.6 Å². The summed E-state index contributed by atoms with van der Waals surface area (Å²) in [6.45, 7) is 13.3. The zero-order valence-electron chi connectivity index (χ0n) is 9.32. The Kier molecular flexibility index (Phi) is 4.61. The van der Waals surface area contributed by atoms with Crippen molar-refractivity contribution >= 4 is 11.6 Å². The van der Waals surface area contributed by atoms with Crippen LogP contribution in [0, 0.1) is 17.8 Å². The van der Waals surface area contributed by atoms with Gasteiger partial charge in [0.15, 0.2) is 0 Å². The highest BCUT2D eigenvalue weighted by molar-refractivity contribution is 6.23. The molecule has 12 heavy (non-hydrogen) atoms. The molecular formula is C11H23Cl. The smallest absolute Gasteiger partial charge is 0.0418 e. The highest BCUT2D eigenvalue weighted by atomic mass is 35.5. The number of hydrogen-bond acceptors (Lipinski definition) is 0. The Morgan fingerprint density at radius 1 is 1.17 bits per heavy atom. The molecule has 0 rings (SSSR count). The molecule has 0 fully saturated rings. The Bertz CT molecular complexity index is 123. The minimum absolute atomic E-state index is 0.0666. The Balaban J connectivity index is 4.19. The first-order valence-corrected chi connectivity index (χ1v) is 5.37. The van der Waals surface area contributed by atoms with Crippen LogP contribution in [0.5, 0.6) is 0 Å². The average molecular weight is 191 g/mol. The molecule has 0 bridgehead atoms. The van der Waals surface area contributed by atoms with Gasteiger partial charge in [-0.25, -0.2) is 0 Å². The fourth-order valence-corrected chi connectivity index (χ4v) is 1.69. The molecule has 1 heteroatoms. The lowest BCUT2D eigenvalue weighted by atomic mass is 9.78. The van der Waals surface area contributed by atoms with Crippen LogP contribution < -0.4 is 0 Å². The van der Waals surface area contributed by atoms with Gasteiger partial charge in [0, 0.05) is 4.87 Å². The fraction of sp³-hybridized carbons (Fsp3) is 1.00. The zero-order chi connectivity index (χ0) is 9.94. The maximum absolute atomic E-state index is 6.28. The first-order chi connectivity index (χ1) is 5.30. The molecule has 0 heterocycles. The summed E-state index contributed by atoms with van der Waals surface area (Å²) in [7, 11) is 0. The predicted octanol–water partition coefficient (Wildman–Crippen LogP) is 4.32. The van der Waals surface area contributed by atoms with E-state index in [1.807, 2.05) is 0 Å². The summed E-state index contributed by atoms with van der Waals surface area (Å²) < 4.78 is 0. The Morgan fingerprint density at radius 2 is 1.58 bits per heavy atom. The molecule has 74 valence electrons. The van der Waals surface area contributed by atoms with Crippen LogP contribution in [0.4, 0.5) is 0 Å². The van der Waals surface area contributed by atoms with Crippen LogP contribution in [0.2, 0.25) is 0 Å². The van der Waals surface area contributed by atoms with E-state index in [9.17, 15) is 0 Å². The lowest BCUT2D eigenvalue weighted by Gasteiger charge is -2.33. The van der Waals surface area contributed by atoms with E-state index in [0.29, 0.717) is 11.8 Å². The van der Waals surface area contributed by atoms with E-state index in [2.05, 4.69) is 41.5 Å². The van der Waals surface area contributed by atoms with Gasteiger partial charge in [0.25, 0.3) is 0 Å². The molecule has 0 N–H and O–H groups in total. The Labute approximate surface area is 82.7 Å². The number of halogens is 1. The molecule has 0 amide bonds. The van der Waals surface area contributed by atoms with Crippen molar-refractivity contribution in [3.8, 4) is 0 Å². The van der Waals surface area contributed by atoms with Gasteiger partial charge in [-0.1, -0.05) is 34.1 Å². The average Bonchev–Trinajstić information content (AvgIpc) is 1.98. The topological polar surface area (TPSA) is 0 Å². The molecule has 0 aromatic carbocycles. The minimum Gasteiger partial charge on any atom is -0.120 e. The van der Waals surface area contributed by atoms with Crippen molar-refractivity contribution in [2.45, 2.75) is 52.8 Å². The van der Waals surface area contributed by atoms with Gasteiger partial charge in [-0.05, 0) is 31.6 Å². The van der Waals surface area contributed by atoms with E-state index < -0.39 is 0 Å². The molecule has 0 saturated carbocycles. The standard InChI is InChI=1S/C11H23Cl/c1-7-8(2)9(3)10(4)11(5,6)12/h8-10H,7H2,1-6H3. The van der Waals surface area contributed by atoms with E-state index in [-0.39, 0.29) is 4.87 Å². The molecule has 3 atom stereocenters. The first kappa shape index (κ1) is 12.3. The lowest BCUT2D eigenvalue weighted by Crippen LogP contribution is -2.30. The van der Waals surface area contributed by atoms with E-state index in [4.69, 9.17) is 11.6 Å². The van der Waals surface area contributed by atoms with Crippen LogP contribution in [-0.4, -0.2) is 4.87 Å². The monoisotopic (exact) mass is 190 g/mol. The van der Waals surface area contributed by atoms with Crippen molar-refractivity contribution in [3.63, 3.8) is 0 Å². The highest BCUT2D eigenvalue weighted by Gasteiger charge is 2.29. The second-order valence-corrected chi connectivity index (χ2v) is 5.57. The Hall–Kier alpha value is 0.290. The maximum Gasteiger partial charge on any atom is 0.0418 e. The molecule has 3 unspecified atom stereocenters. The van der Waals surface area contributed by atoms with E-state index in [1.54, 1.807) is 0 Å². The summed E-state index contributed by atoms with van der Waals surface area (Å²) in [5, 5.41) is 0. The van der Waals surface area contributed by atoms with Gasteiger partial charge in [-0.3, -0.25) is 0 Å². The summed E-state index contributed by atoms with van der Waals surface area (Å²) in [6.07, 6.45) is 1.25. The van der Waals surface area contributed by atoms with Crippen molar-refractivity contribution in [2.75, 3.05) is 0 Å². The summed E-state index contributed by atoms with van der Waals surface area (Å²) in [5.41, 5.74) is 0. The predicted molar refractivity (Wildman–Crippen MR) is 57.7 cm³/mol. The van der Waals surface area contributed by atoms with Crippen molar-refractivity contribution in [2.24, 2.45) is 17.8 Å². The van der Waals surface area contributed by atoms with Crippen molar-refractivity contribution in [1.82, 2.24) is 0 Å². The maximum atomic E-state index is 6.28. The third kappa shape index (κ3) is 3.35. The largest absolute Gasteiger partial charge is 0.120 e. The molecule has 0 spiro atoms. The van der Waals surface area contributed by atoms with Crippen LogP contribution in [-0.2, 0) is 0 Å². The SMILES string of the molecule is CCC(C)C(C)C(C)C(C)(C)Cl. The van der Waals surface area contributed by atoms with Crippen molar-refractivity contribution in [3.05, 3.63) is 0 Å². The van der Waals surface area contributed by atoms with E-state index >= 15 is 0 Å². The summed E-state index contributed by atoms with van der Waals surface area (Å²) >= 11 is 6.28. The van der Waals surface area contributed by atoms with Crippen LogP contribution in [0.15, 0.2) is 0 Å². The van der Waals surface area contributed by atoms with Gasteiger partial charge in [0.2, 0.25) is 0 Å². The quantitative estimate of drug-likeness (QED) is 0.580. The molecular weight excluding hydrogens is 168 g/mol. The molecule has 0 aromatic rings. The van der Waals surface area contributed by atoms with Gasteiger partial charge in [0.05, 0.1) is 0 Å². The van der Waals surface area contributed by atoms with E-state index in [1.165, 1.54) is 6.42 Å². The third-order valence-electron chi connectivity index (χ3n) is 3.41. The normalized spacial score (nSPS) is 20.2. The fourth-order valence-electron chi connectivity index (χ4n) is 1.49. The van der Waals surface area contributed by atoms with Gasteiger partial charge in [0.1, 0.15) is 0 Å². The van der Waals surface area contributed by atoms with Gasteiger partial charge in [-0.15, -0.1) is 11.6 Å². The first-order valence-electron chi connectivity index (χ1n) is 4.99.